The molecule has 3 aromatic heterocycles. The van der Waals surface area contributed by atoms with E-state index in [9.17, 15) is 31.5 Å². The third-order valence-corrected chi connectivity index (χ3v) is 8.08. The molecular formula is C26H31F5N8O2. The van der Waals surface area contributed by atoms with Gasteiger partial charge in [0, 0.05) is 45.0 Å². The molecule has 3 atom stereocenters. The van der Waals surface area contributed by atoms with Crippen LogP contribution in [0.4, 0.5) is 22.0 Å². The third-order valence-electron chi connectivity index (χ3n) is 8.08. The van der Waals surface area contributed by atoms with E-state index in [2.05, 4.69) is 30.8 Å². The van der Waals surface area contributed by atoms with Gasteiger partial charge < -0.3 is 10.6 Å². The van der Waals surface area contributed by atoms with Crippen LogP contribution in [0.25, 0.3) is 5.78 Å². The fraction of sp³-hybridized carbons (Fsp3) is 0.615. The van der Waals surface area contributed by atoms with Crippen LogP contribution >= 0.6 is 0 Å². The first-order valence-electron chi connectivity index (χ1n) is 13.6. The fourth-order valence-corrected chi connectivity index (χ4v) is 5.69. The van der Waals surface area contributed by atoms with Crippen molar-refractivity contribution in [2.75, 3.05) is 6.54 Å². The summed E-state index contributed by atoms with van der Waals surface area (Å²) in [5.41, 5.74) is 1.53. The fourth-order valence-electron chi connectivity index (χ4n) is 5.69. The summed E-state index contributed by atoms with van der Waals surface area (Å²) in [4.78, 5) is 34.7. The molecule has 10 nitrogen and oxygen atoms in total. The minimum absolute atomic E-state index is 0.0313. The average Bonchev–Trinajstić information content (AvgIpc) is 3.53. The number of rotatable bonds is 7. The average molecular weight is 583 g/mol. The number of alkyl halides is 5. The van der Waals surface area contributed by atoms with Gasteiger partial charge in [0.05, 0.1) is 35.2 Å². The van der Waals surface area contributed by atoms with Crippen LogP contribution in [0, 0.1) is 17.8 Å². The van der Waals surface area contributed by atoms with E-state index < -0.39 is 48.3 Å². The highest BCUT2D eigenvalue weighted by Crippen LogP contribution is 2.41. The number of aromatic nitrogens is 6. The zero-order chi connectivity index (χ0) is 29.5. The summed E-state index contributed by atoms with van der Waals surface area (Å²) in [5.74, 6) is -6.37. The second-order valence-corrected chi connectivity index (χ2v) is 10.9. The molecule has 1 saturated heterocycles. The number of nitrogens with one attached hydrogen (secondary N) is 2. The maximum Gasteiger partial charge on any atom is 0.393 e. The minimum atomic E-state index is -4.42. The topological polar surface area (TPSA) is 119 Å². The number of aryl methyl sites for hydroxylation is 2. The van der Waals surface area contributed by atoms with Gasteiger partial charge in [-0.25, -0.2) is 23.3 Å². The molecule has 2 fully saturated rings. The maximum absolute atomic E-state index is 14.0. The van der Waals surface area contributed by atoms with Crippen molar-refractivity contribution in [3.05, 3.63) is 41.2 Å². The molecule has 1 aliphatic carbocycles. The van der Waals surface area contributed by atoms with Gasteiger partial charge in [-0.1, -0.05) is 6.92 Å². The lowest BCUT2D eigenvalue weighted by Crippen LogP contribution is -2.47. The molecule has 222 valence electrons. The molecule has 0 bridgehead atoms. The molecule has 0 spiro atoms. The van der Waals surface area contributed by atoms with Gasteiger partial charge in [-0.05, 0) is 37.7 Å². The predicted octanol–water partition coefficient (Wildman–Crippen LogP) is 3.57. The van der Waals surface area contributed by atoms with Crippen molar-refractivity contribution < 1.29 is 31.5 Å². The van der Waals surface area contributed by atoms with Gasteiger partial charge in [0.15, 0.2) is 0 Å². The summed E-state index contributed by atoms with van der Waals surface area (Å²) in [7, 11) is 1.61. The molecule has 5 rings (SSSR count). The summed E-state index contributed by atoms with van der Waals surface area (Å²) < 4.78 is 70.7. The van der Waals surface area contributed by atoms with E-state index in [1.54, 1.807) is 19.3 Å². The molecule has 4 heterocycles. The summed E-state index contributed by atoms with van der Waals surface area (Å²) in [6.07, 6.45) is -1.67. The molecular weight excluding hydrogens is 551 g/mol. The van der Waals surface area contributed by atoms with Gasteiger partial charge in [-0.2, -0.15) is 23.4 Å². The molecule has 0 radical (unpaired) electrons. The first-order valence-corrected chi connectivity index (χ1v) is 13.6. The lowest BCUT2D eigenvalue weighted by atomic mass is 9.81. The zero-order valence-electron chi connectivity index (χ0n) is 22.6. The molecule has 2 amide bonds. The van der Waals surface area contributed by atoms with Crippen molar-refractivity contribution in [2.24, 2.45) is 24.8 Å². The summed E-state index contributed by atoms with van der Waals surface area (Å²) in [6, 6.07) is 0.820. The van der Waals surface area contributed by atoms with Crippen LogP contribution in [-0.2, 0) is 24.7 Å². The first kappa shape index (κ1) is 28.9. The van der Waals surface area contributed by atoms with E-state index in [4.69, 9.17) is 0 Å². The van der Waals surface area contributed by atoms with E-state index in [1.165, 1.54) is 15.4 Å². The zero-order valence-corrected chi connectivity index (χ0v) is 22.6. The van der Waals surface area contributed by atoms with Gasteiger partial charge in [0.2, 0.25) is 11.8 Å². The van der Waals surface area contributed by atoms with Crippen molar-refractivity contribution in [3.8, 4) is 0 Å². The van der Waals surface area contributed by atoms with E-state index in [-0.39, 0.29) is 55.9 Å². The van der Waals surface area contributed by atoms with Crippen molar-refractivity contribution >= 4 is 17.6 Å². The van der Waals surface area contributed by atoms with E-state index >= 15 is 0 Å². The number of halogens is 5. The van der Waals surface area contributed by atoms with Gasteiger partial charge >= 0.3 is 6.18 Å². The largest absolute Gasteiger partial charge is 0.393 e. The Morgan fingerprint density at radius 3 is 2.59 bits per heavy atom. The quantitative estimate of drug-likeness (QED) is 0.411. The molecule has 1 aliphatic heterocycles. The Labute approximate surface area is 232 Å². The van der Waals surface area contributed by atoms with Crippen LogP contribution in [0.15, 0.2) is 18.5 Å². The summed E-state index contributed by atoms with van der Waals surface area (Å²) >= 11 is 0. The number of amides is 2. The Bertz CT molecular complexity index is 1420. The second-order valence-electron chi connectivity index (χ2n) is 10.9. The number of carbonyl (C=O) groups excluding carboxylic acids is 2. The van der Waals surface area contributed by atoms with Crippen LogP contribution < -0.4 is 10.6 Å². The van der Waals surface area contributed by atoms with E-state index in [0.29, 0.717) is 23.5 Å². The van der Waals surface area contributed by atoms with Gasteiger partial charge in [0.25, 0.3) is 11.7 Å². The van der Waals surface area contributed by atoms with Gasteiger partial charge in [0.1, 0.15) is 5.69 Å². The minimum Gasteiger partial charge on any atom is -0.355 e. The molecule has 3 aromatic rings. The summed E-state index contributed by atoms with van der Waals surface area (Å²) in [5, 5.41) is 13.9. The van der Waals surface area contributed by atoms with E-state index in [1.807, 2.05) is 6.92 Å². The Kier molecular flexibility index (Phi) is 7.72. The van der Waals surface area contributed by atoms with Crippen LogP contribution in [0.2, 0.25) is 0 Å². The molecule has 41 heavy (non-hydrogen) atoms. The third kappa shape index (κ3) is 6.17. The highest BCUT2D eigenvalue weighted by molar-refractivity contribution is 5.92. The number of fused-ring (bicyclic) bond motifs is 1. The van der Waals surface area contributed by atoms with Crippen molar-refractivity contribution in [2.45, 2.75) is 70.0 Å². The Morgan fingerprint density at radius 2 is 1.95 bits per heavy atom. The molecule has 0 aromatic carbocycles. The highest BCUT2D eigenvalue weighted by atomic mass is 19.4. The molecule has 2 aliphatic rings. The Hall–Kier alpha value is -3.65. The van der Waals surface area contributed by atoms with Crippen LogP contribution in [0.3, 0.4) is 0 Å². The lowest BCUT2D eigenvalue weighted by molar-refractivity contribution is -0.183. The highest BCUT2D eigenvalue weighted by Gasteiger charge is 2.45. The maximum atomic E-state index is 14.0. The monoisotopic (exact) mass is 582 g/mol. The van der Waals surface area contributed by atoms with Crippen LogP contribution in [0.5, 0.6) is 0 Å². The number of hydrogen-bond acceptors (Lipinski definition) is 6. The van der Waals surface area contributed by atoms with Gasteiger partial charge in [-0.3, -0.25) is 14.3 Å². The number of hydrogen-bond donors (Lipinski definition) is 2. The normalized spacial score (nSPS) is 22.5. The number of carbonyl (C=O) groups is 2. The molecule has 0 unspecified atom stereocenters. The summed E-state index contributed by atoms with van der Waals surface area (Å²) in [6.45, 7) is 1.36. The number of nitrogens with zero attached hydrogens (tertiary/aromatic N) is 6. The number of piperidine rings is 1. The Balaban J connectivity index is 1.45. The van der Waals surface area contributed by atoms with Crippen molar-refractivity contribution in [1.29, 1.82) is 0 Å². The first-order chi connectivity index (χ1) is 19.3. The second kappa shape index (κ2) is 11.0. The van der Waals surface area contributed by atoms with Crippen LogP contribution in [-0.4, -0.2) is 59.8 Å². The lowest BCUT2D eigenvalue weighted by Gasteiger charge is -2.33. The number of imidazole rings is 1. The van der Waals surface area contributed by atoms with Crippen molar-refractivity contribution in [1.82, 2.24) is 40.0 Å². The predicted molar refractivity (Wildman–Crippen MR) is 135 cm³/mol. The van der Waals surface area contributed by atoms with Crippen molar-refractivity contribution in [3.63, 3.8) is 0 Å². The van der Waals surface area contributed by atoms with E-state index in [0.717, 1.165) is 0 Å². The standard InChI is InChI=1S/C26H31F5N8O2/c1-3-17-18(11-15-10-16(26(29,30)31)12-32-22(15)40)37-39-13-19(35-24(39)34-17)21(14-4-7-25(27,28)8-5-14)36-23(41)20-6-9-33-38(20)2/h6,9,13-16,21H,3-5,7-8,10-12H2,1-2H3,(H,32,40)(H,36,41)/t15-,16-,21+/m1/s1. The Morgan fingerprint density at radius 1 is 1.22 bits per heavy atom. The molecule has 1 saturated carbocycles. The van der Waals surface area contributed by atoms with Gasteiger partial charge in [-0.15, -0.1) is 0 Å². The smallest absolute Gasteiger partial charge is 0.355 e. The molecule has 2 N–H and O–H groups in total. The van der Waals surface area contributed by atoms with Crippen LogP contribution in [0.1, 0.15) is 72.6 Å². The SMILES string of the molecule is CCc1nc2nc([C@@H](NC(=O)c3ccnn3C)C3CCC(F)(F)CC3)cn2nc1C[C@H]1C[C@@H](C(F)(F)F)CNC1=O. The molecule has 15 heteroatoms.